The van der Waals surface area contributed by atoms with Gasteiger partial charge in [-0.25, -0.2) is 0 Å². The molecule has 124 valence electrons. The van der Waals surface area contributed by atoms with E-state index in [9.17, 15) is 15.2 Å². The van der Waals surface area contributed by atoms with Gasteiger partial charge in [0.1, 0.15) is 4.75 Å². The average Bonchev–Trinajstić information content (AvgIpc) is 2.67. The first kappa shape index (κ1) is 15.7. The molecule has 0 aliphatic rings. The number of carboxylic acids is 1. The Morgan fingerprint density at radius 3 is 2.68 bits per heavy atom. The molecule has 0 fully saturated rings. The number of aliphatic carboxylic acids is 1. The third-order valence-corrected chi connectivity index (χ3v) is 5.10. The number of hydrogen-bond donors (Lipinski definition) is 1. The summed E-state index contributed by atoms with van der Waals surface area (Å²) < 4.78 is 6.39. The van der Waals surface area contributed by atoms with E-state index in [-0.39, 0.29) is 6.90 Å². The molecule has 0 saturated carbocycles. The zero-order valence-electron chi connectivity index (χ0n) is 14.6. The molecule has 1 aromatic heterocycles. The van der Waals surface area contributed by atoms with Crippen LogP contribution in [0.5, 0.6) is 0 Å². The Morgan fingerprint density at radius 2 is 2.00 bits per heavy atom. The molecule has 0 amide bonds. The highest BCUT2D eigenvalue weighted by atomic mass is 32.2. The highest BCUT2D eigenvalue weighted by Gasteiger charge is 2.29. The number of fused-ring (bicyclic) bond motifs is 1. The number of rotatable bonds is 4. The Balaban J connectivity index is 2.20. The van der Waals surface area contributed by atoms with Crippen LogP contribution >= 0.6 is 11.8 Å². The van der Waals surface area contributed by atoms with Gasteiger partial charge in [-0.15, -0.1) is 11.8 Å². The molecular formula is C20H16N2O2S. The number of thioether (sulfide) groups is 1. The van der Waals surface area contributed by atoms with Crippen molar-refractivity contribution in [3.63, 3.8) is 0 Å². The minimum atomic E-state index is -1.25. The van der Waals surface area contributed by atoms with E-state index in [4.69, 9.17) is 1.37 Å². The number of carboxylic acid groups (broad SMARTS) is 1. The van der Waals surface area contributed by atoms with Crippen LogP contribution in [0.15, 0.2) is 59.8 Å². The molecule has 3 rings (SSSR count). The minimum absolute atomic E-state index is 0.247. The second kappa shape index (κ2) is 6.58. The molecule has 1 N–H and O–H groups in total. The topological polar surface area (TPSA) is 74.0 Å². The van der Waals surface area contributed by atoms with Gasteiger partial charge in [0, 0.05) is 29.6 Å². The molecule has 1 unspecified atom stereocenters. The van der Waals surface area contributed by atoms with Gasteiger partial charge in [0.25, 0.3) is 0 Å². The molecular weight excluding hydrogens is 332 g/mol. The Morgan fingerprint density at radius 1 is 1.24 bits per heavy atom. The van der Waals surface area contributed by atoms with Crippen LogP contribution in [0.3, 0.4) is 0 Å². The Bertz CT molecular complexity index is 1030. The minimum Gasteiger partial charge on any atom is -0.480 e. The molecule has 3 aromatic rings. The molecule has 0 aliphatic heterocycles. The number of pyridine rings is 1. The SMILES string of the molecule is [2H]CC(C)(Sc1ccncc1-c1ccc(C#N)c2ccccc12)C(=O)O. The lowest BCUT2D eigenvalue weighted by Gasteiger charge is -2.20. The predicted octanol–water partition coefficient (Wildman–Crippen LogP) is 4.73. The predicted molar refractivity (Wildman–Crippen MR) is 99.5 cm³/mol. The van der Waals surface area contributed by atoms with Crippen LogP contribution in [-0.4, -0.2) is 20.8 Å². The fraction of sp³-hybridized carbons (Fsp3) is 0.150. The molecule has 25 heavy (non-hydrogen) atoms. The highest BCUT2D eigenvalue weighted by Crippen LogP contribution is 2.40. The summed E-state index contributed by atoms with van der Waals surface area (Å²) in [6, 6.07) is 15.2. The molecule has 1 heterocycles. The van der Waals surface area contributed by atoms with Gasteiger partial charge in [0.05, 0.1) is 11.6 Å². The van der Waals surface area contributed by atoms with Gasteiger partial charge >= 0.3 is 5.97 Å². The summed E-state index contributed by atoms with van der Waals surface area (Å²) in [5, 5.41) is 20.6. The fourth-order valence-electron chi connectivity index (χ4n) is 2.59. The summed E-state index contributed by atoms with van der Waals surface area (Å²) in [7, 11) is 0. The van der Waals surface area contributed by atoms with E-state index in [1.807, 2.05) is 30.3 Å². The maximum absolute atomic E-state index is 11.6. The van der Waals surface area contributed by atoms with Crippen molar-refractivity contribution in [2.45, 2.75) is 23.5 Å². The summed E-state index contributed by atoms with van der Waals surface area (Å²) in [6.45, 7) is 1.30. The maximum atomic E-state index is 11.6. The number of aromatic nitrogens is 1. The number of carbonyl (C=O) groups is 1. The van der Waals surface area contributed by atoms with Crippen molar-refractivity contribution in [1.29, 1.82) is 5.26 Å². The molecule has 2 aromatic carbocycles. The lowest BCUT2D eigenvalue weighted by molar-refractivity contribution is -0.138. The third kappa shape index (κ3) is 3.21. The zero-order chi connectivity index (χ0) is 18.7. The molecule has 4 nitrogen and oxygen atoms in total. The van der Waals surface area contributed by atoms with E-state index in [0.717, 1.165) is 38.6 Å². The summed E-state index contributed by atoms with van der Waals surface area (Å²) in [6.07, 6.45) is 3.31. The van der Waals surface area contributed by atoms with Gasteiger partial charge in [-0.3, -0.25) is 9.78 Å². The summed E-state index contributed by atoms with van der Waals surface area (Å²) in [4.78, 5) is 16.5. The summed E-state index contributed by atoms with van der Waals surface area (Å²) in [5.41, 5.74) is 2.26. The first-order chi connectivity index (χ1) is 12.5. The van der Waals surface area contributed by atoms with Crippen molar-refractivity contribution in [2.24, 2.45) is 0 Å². The number of hydrogen-bond acceptors (Lipinski definition) is 4. The second-order valence-electron chi connectivity index (χ2n) is 5.83. The third-order valence-electron chi connectivity index (χ3n) is 3.90. The van der Waals surface area contributed by atoms with Gasteiger partial charge < -0.3 is 5.11 Å². The quantitative estimate of drug-likeness (QED) is 0.689. The van der Waals surface area contributed by atoms with Crippen LogP contribution in [-0.2, 0) is 4.79 Å². The van der Waals surface area contributed by atoms with E-state index < -0.39 is 10.7 Å². The van der Waals surface area contributed by atoms with E-state index >= 15 is 0 Å². The fourth-order valence-corrected chi connectivity index (χ4v) is 3.56. The maximum Gasteiger partial charge on any atom is 0.319 e. The number of nitrogens with zero attached hydrogens (tertiary/aromatic N) is 2. The molecule has 0 radical (unpaired) electrons. The van der Waals surface area contributed by atoms with Gasteiger partial charge in [-0.05, 0) is 36.9 Å². The van der Waals surface area contributed by atoms with Crippen molar-refractivity contribution in [3.8, 4) is 17.2 Å². The lowest BCUT2D eigenvalue weighted by Crippen LogP contribution is -2.27. The van der Waals surface area contributed by atoms with Gasteiger partial charge in [0.2, 0.25) is 0 Å². The first-order valence-corrected chi connectivity index (χ1v) is 8.39. The number of benzene rings is 2. The standard InChI is InChI=1S/C20H16N2O2S/c1-20(2,19(23)24)25-18-9-10-22-12-17(18)16-8-7-13(11-21)14-5-3-4-6-15(14)16/h3-10,12H,1-2H3,(H,23,24)/i1D. The van der Waals surface area contributed by atoms with E-state index in [2.05, 4.69) is 11.1 Å². The monoisotopic (exact) mass is 349 g/mol. The molecule has 0 bridgehead atoms. The van der Waals surface area contributed by atoms with Crippen molar-refractivity contribution in [2.75, 3.05) is 0 Å². The van der Waals surface area contributed by atoms with Gasteiger partial charge in [0.15, 0.2) is 0 Å². The summed E-state index contributed by atoms with van der Waals surface area (Å²) >= 11 is 1.15. The Kier molecular flexibility index (Phi) is 4.12. The lowest BCUT2D eigenvalue weighted by atomic mass is 9.96. The van der Waals surface area contributed by atoms with E-state index in [0.29, 0.717) is 5.56 Å². The van der Waals surface area contributed by atoms with Gasteiger partial charge in [-0.1, -0.05) is 30.3 Å². The smallest absolute Gasteiger partial charge is 0.319 e. The van der Waals surface area contributed by atoms with E-state index in [1.165, 1.54) is 0 Å². The van der Waals surface area contributed by atoms with Crippen LogP contribution in [0.25, 0.3) is 21.9 Å². The Hall–Kier alpha value is -2.84. The first-order valence-electron chi connectivity index (χ1n) is 8.29. The van der Waals surface area contributed by atoms with Crippen molar-refractivity contribution < 1.29 is 11.3 Å². The number of nitriles is 1. The van der Waals surface area contributed by atoms with Crippen LogP contribution < -0.4 is 0 Å². The summed E-state index contributed by atoms with van der Waals surface area (Å²) in [5.74, 6) is -1.02. The van der Waals surface area contributed by atoms with Crippen LogP contribution in [0.4, 0.5) is 0 Å². The van der Waals surface area contributed by atoms with Crippen LogP contribution in [0, 0.1) is 11.3 Å². The zero-order valence-corrected chi connectivity index (χ0v) is 14.4. The van der Waals surface area contributed by atoms with Crippen LogP contribution in [0.1, 0.15) is 20.8 Å². The largest absolute Gasteiger partial charge is 0.480 e. The molecule has 5 heteroatoms. The normalized spacial score (nSPS) is 13.7. The van der Waals surface area contributed by atoms with Crippen molar-refractivity contribution >= 4 is 28.5 Å². The highest BCUT2D eigenvalue weighted by molar-refractivity contribution is 8.01. The van der Waals surface area contributed by atoms with Crippen LogP contribution in [0.2, 0.25) is 0 Å². The van der Waals surface area contributed by atoms with Crippen molar-refractivity contribution in [3.05, 3.63) is 60.4 Å². The average molecular weight is 349 g/mol. The molecule has 0 spiro atoms. The Labute approximate surface area is 151 Å². The molecule has 1 atom stereocenters. The molecule has 0 aliphatic carbocycles. The van der Waals surface area contributed by atoms with Gasteiger partial charge in [-0.2, -0.15) is 5.26 Å². The van der Waals surface area contributed by atoms with E-state index in [1.54, 1.807) is 31.5 Å². The second-order valence-corrected chi connectivity index (χ2v) is 7.37. The molecule has 0 saturated heterocycles. The van der Waals surface area contributed by atoms with Crippen molar-refractivity contribution in [1.82, 2.24) is 4.98 Å².